The van der Waals surface area contributed by atoms with Crippen molar-refractivity contribution >= 4 is 25.5 Å². The number of sulfone groups is 1. The maximum Gasteiger partial charge on any atom is 0.416 e. The van der Waals surface area contributed by atoms with Gasteiger partial charge in [-0.05, 0) is 42.5 Å². The van der Waals surface area contributed by atoms with Gasteiger partial charge in [-0.2, -0.15) is 18.3 Å². The Kier molecular flexibility index (Phi) is 5.17. The first-order valence-corrected chi connectivity index (χ1v) is 11.3. The van der Waals surface area contributed by atoms with Gasteiger partial charge in [-0.15, -0.1) is 0 Å². The van der Waals surface area contributed by atoms with Crippen LogP contribution in [0.25, 0.3) is 5.69 Å². The molecule has 0 bridgehead atoms. The summed E-state index contributed by atoms with van der Waals surface area (Å²) >= 11 is 0. The number of sulfonamides is 1. The quantitative estimate of drug-likeness (QED) is 0.651. The lowest BCUT2D eigenvalue weighted by Crippen LogP contribution is -2.16. The third-order valence-electron chi connectivity index (χ3n) is 3.86. The summed E-state index contributed by atoms with van der Waals surface area (Å²) in [5, 5.41) is 3.91. The lowest BCUT2D eigenvalue weighted by Gasteiger charge is -2.16. The SMILES string of the molecule is CS(=O)(=O)c1cccc(S(=O)(=O)Nc2cc(C(F)(F)F)ccc2-n2cccn2)c1. The molecule has 3 aromatic rings. The standard InChI is InChI=1S/C17H14F3N3O4S2/c1-28(24,25)13-4-2-5-14(11-13)29(26,27)22-15-10-12(17(18,19)20)6-7-16(15)23-9-3-8-21-23/h2-11,22H,1H3. The molecular formula is C17H14F3N3O4S2. The van der Waals surface area contributed by atoms with Gasteiger partial charge in [-0.1, -0.05) is 6.07 Å². The zero-order valence-electron chi connectivity index (χ0n) is 14.8. The summed E-state index contributed by atoms with van der Waals surface area (Å²) in [6.07, 6.45) is -0.968. The Morgan fingerprint density at radius 2 is 1.66 bits per heavy atom. The molecule has 0 aliphatic heterocycles. The average Bonchev–Trinajstić information content (AvgIpc) is 3.14. The Balaban J connectivity index is 2.11. The van der Waals surface area contributed by atoms with Crippen LogP contribution in [0.3, 0.4) is 0 Å². The van der Waals surface area contributed by atoms with Crippen molar-refractivity contribution in [2.24, 2.45) is 0 Å². The Morgan fingerprint density at radius 1 is 0.966 bits per heavy atom. The van der Waals surface area contributed by atoms with Crippen LogP contribution in [0.5, 0.6) is 0 Å². The number of aromatic nitrogens is 2. The van der Waals surface area contributed by atoms with Crippen LogP contribution in [0, 0.1) is 0 Å². The maximum atomic E-state index is 13.1. The summed E-state index contributed by atoms with van der Waals surface area (Å²) in [7, 11) is -8.08. The van der Waals surface area contributed by atoms with Gasteiger partial charge in [0, 0.05) is 18.6 Å². The predicted octanol–water partition coefficient (Wildman–Crippen LogP) is 3.10. The van der Waals surface area contributed by atoms with Crippen LogP contribution >= 0.6 is 0 Å². The van der Waals surface area contributed by atoms with Crippen molar-refractivity contribution in [1.29, 1.82) is 0 Å². The van der Waals surface area contributed by atoms with E-state index in [2.05, 4.69) is 9.82 Å². The van der Waals surface area contributed by atoms with Crippen molar-refractivity contribution in [2.75, 3.05) is 11.0 Å². The first-order valence-electron chi connectivity index (χ1n) is 7.92. The van der Waals surface area contributed by atoms with Crippen LogP contribution in [0.4, 0.5) is 18.9 Å². The highest BCUT2D eigenvalue weighted by Gasteiger charge is 2.32. The molecule has 0 atom stereocenters. The minimum Gasteiger partial charge on any atom is -0.277 e. The van der Waals surface area contributed by atoms with Crippen LogP contribution in [0.2, 0.25) is 0 Å². The van der Waals surface area contributed by atoms with Gasteiger partial charge < -0.3 is 0 Å². The number of hydrogen-bond donors (Lipinski definition) is 1. The van der Waals surface area contributed by atoms with Gasteiger partial charge >= 0.3 is 6.18 Å². The fraction of sp³-hybridized carbons (Fsp3) is 0.118. The molecule has 0 saturated carbocycles. The summed E-state index contributed by atoms with van der Waals surface area (Å²) in [6, 6.07) is 8.57. The van der Waals surface area contributed by atoms with E-state index in [0.29, 0.717) is 6.07 Å². The van der Waals surface area contributed by atoms with Gasteiger partial charge in [0.05, 0.1) is 26.7 Å². The zero-order chi connectivity index (χ0) is 21.4. The summed E-state index contributed by atoms with van der Waals surface area (Å²) in [5.41, 5.74) is -1.37. The number of halogens is 3. The fourth-order valence-electron chi connectivity index (χ4n) is 2.48. The lowest BCUT2D eigenvalue weighted by molar-refractivity contribution is -0.137. The Bertz CT molecular complexity index is 1250. The van der Waals surface area contributed by atoms with Crippen molar-refractivity contribution in [1.82, 2.24) is 9.78 Å². The number of benzene rings is 2. The molecule has 2 aromatic carbocycles. The van der Waals surface area contributed by atoms with Gasteiger partial charge in [-0.25, -0.2) is 21.5 Å². The second kappa shape index (κ2) is 7.19. The van der Waals surface area contributed by atoms with E-state index in [9.17, 15) is 30.0 Å². The van der Waals surface area contributed by atoms with E-state index < -0.39 is 36.5 Å². The number of alkyl halides is 3. The van der Waals surface area contributed by atoms with Crippen LogP contribution in [-0.4, -0.2) is 32.9 Å². The topological polar surface area (TPSA) is 98.1 Å². The van der Waals surface area contributed by atoms with Crippen LogP contribution in [0.15, 0.2) is 70.7 Å². The highest BCUT2D eigenvalue weighted by Crippen LogP contribution is 2.34. The van der Waals surface area contributed by atoms with E-state index in [0.717, 1.165) is 30.5 Å². The van der Waals surface area contributed by atoms with Gasteiger partial charge in [0.1, 0.15) is 0 Å². The average molecular weight is 445 g/mol. The molecule has 29 heavy (non-hydrogen) atoms. The smallest absolute Gasteiger partial charge is 0.277 e. The van der Waals surface area contributed by atoms with E-state index in [4.69, 9.17) is 0 Å². The molecule has 0 aliphatic carbocycles. The molecule has 7 nitrogen and oxygen atoms in total. The van der Waals surface area contributed by atoms with Crippen molar-refractivity contribution in [3.63, 3.8) is 0 Å². The molecule has 154 valence electrons. The maximum absolute atomic E-state index is 13.1. The van der Waals surface area contributed by atoms with Gasteiger partial charge in [0.15, 0.2) is 9.84 Å². The molecule has 0 aliphatic rings. The third kappa shape index (κ3) is 4.59. The monoisotopic (exact) mass is 445 g/mol. The summed E-state index contributed by atoms with van der Waals surface area (Å²) < 4.78 is 91.5. The second-order valence-corrected chi connectivity index (χ2v) is 9.73. The van der Waals surface area contributed by atoms with E-state index in [1.54, 1.807) is 0 Å². The molecule has 0 amide bonds. The fourth-order valence-corrected chi connectivity index (χ4v) is 4.33. The van der Waals surface area contributed by atoms with Crippen molar-refractivity contribution in [3.8, 4) is 5.69 Å². The Labute approximate surface area is 164 Å². The van der Waals surface area contributed by atoms with Crippen molar-refractivity contribution in [3.05, 3.63) is 66.5 Å². The molecule has 1 aromatic heterocycles. The zero-order valence-corrected chi connectivity index (χ0v) is 16.4. The van der Waals surface area contributed by atoms with E-state index >= 15 is 0 Å². The van der Waals surface area contributed by atoms with Gasteiger partial charge in [0.2, 0.25) is 0 Å². The number of hydrogen-bond acceptors (Lipinski definition) is 5. The van der Waals surface area contributed by atoms with Crippen molar-refractivity contribution < 1.29 is 30.0 Å². The first-order chi connectivity index (χ1) is 13.4. The molecule has 0 spiro atoms. The molecule has 3 rings (SSSR count). The Hall–Kier alpha value is -2.86. The van der Waals surface area contributed by atoms with Crippen LogP contribution in [0.1, 0.15) is 5.56 Å². The molecule has 12 heteroatoms. The van der Waals surface area contributed by atoms with Crippen molar-refractivity contribution in [2.45, 2.75) is 16.0 Å². The van der Waals surface area contributed by atoms with Gasteiger partial charge in [-0.3, -0.25) is 4.72 Å². The number of anilines is 1. The normalized spacial score (nSPS) is 12.7. The molecule has 0 unspecified atom stereocenters. The molecular weight excluding hydrogens is 431 g/mol. The summed E-state index contributed by atoms with van der Waals surface area (Å²) in [4.78, 5) is -0.652. The highest BCUT2D eigenvalue weighted by molar-refractivity contribution is 7.93. The van der Waals surface area contributed by atoms with E-state index in [1.807, 2.05) is 0 Å². The van der Waals surface area contributed by atoms with Gasteiger partial charge in [0.25, 0.3) is 10.0 Å². The molecule has 0 saturated heterocycles. The minimum atomic E-state index is -4.70. The van der Waals surface area contributed by atoms with Crippen LogP contribution < -0.4 is 4.72 Å². The summed E-state index contributed by atoms with van der Waals surface area (Å²) in [5.74, 6) is 0. The number of rotatable bonds is 5. The predicted molar refractivity (Wildman–Crippen MR) is 98.9 cm³/mol. The number of nitrogens with zero attached hydrogens (tertiary/aromatic N) is 2. The second-order valence-electron chi connectivity index (χ2n) is 6.03. The minimum absolute atomic E-state index is 0.0610. The first kappa shape index (κ1) is 20.9. The van der Waals surface area contributed by atoms with Crippen LogP contribution in [-0.2, 0) is 26.0 Å². The lowest BCUT2D eigenvalue weighted by atomic mass is 10.1. The highest BCUT2D eigenvalue weighted by atomic mass is 32.2. The molecule has 0 fully saturated rings. The van der Waals surface area contributed by atoms with E-state index in [1.165, 1.54) is 35.3 Å². The molecule has 0 radical (unpaired) electrons. The summed E-state index contributed by atoms with van der Waals surface area (Å²) in [6.45, 7) is 0. The Morgan fingerprint density at radius 3 is 2.24 bits per heavy atom. The largest absolute Gasteiger partial charge is 0.416 e. The number of nitrogens with one attached hydrogen (secondary N) is 1. The molecule has 1 N–H and O–H groups in total. The van der Waals surface area contributed by atoms with E-state index in [-0.39, 0.29) is 16.3 Å². The third-order valence-corrected chi connectivity index (χ3v) is 6.34. The molecule has 1 heterocycles.